The van der Waals surface area contributed by atoms with Crippen LogP contribution >= 0.6 is 0 Å². The fraction of sp³-hybridized carbons (Fsp3) is 0.562. The van der Waals surface area contributed by atoms with Crippen LogP contribution in [0.2, 0.25) is 0 Å². The standard InChI is InChI=1S/C16H24N2O4/c1-16(9-17)5-6-18(10-16)15(19)11-7-12(20-2)14(22-4)13(8-11)21-3/h7-8H,5-6,9-10,17H2,1-4H3. The van der Waals surface area contributed by atoms with Gasteiger partial charge < -0.3 is 24.8 Å². The smallest absolute Gasteiger partial charge is 0.254 e. The van der Waals surface area contributed by atoms with Gasteiger partial charge in [-0.1, -0.05) is 6.92 Å². The Morgan fingerprint density at radius 2 is 1.82 bits per heavy atom. The lowest BCUT2D eigenvalue weighted by atomic mass is 9.90. The predicted molar refractivity (Wildman–Crippen MR) is 83.8 cm³/mol. The van der Waals surface area contributed by atoms with Crippen molar-refractivity contribution in [2.75, 3.05) is 41.0 Å². The van der Waals surface area contributed by atoms with E-state index in [-0.39, 0.29) is 11.3 Å². The second kappa shape index (κ2) is 6.44. The van der Waals surface area contributed by atoms with Crippen molar-refractivity contribution < 1.29 is 19.0 Å². The number of benzene rings is 1. The summed E-state index contributed by atoms with van der Waals surface area (Å²) in [5, 5.41) is 0. The molecule has 0 spiro atoms. The molecule has 0 aromatic heterocycles. The van der Waals surface area contributed by atoms with Gasteiger partial charge in [0.25, 0.3) is 5.91 Å². The molecule has 0 saturated carbocycles. The van der Waals surface area contributed by atoms with Gasteiger partial charge in [0.05, 0.1) is 21.3 Å². The minimum Gasteiger partial charge on any atom is -0.493 e. The summed E-state index contributed by atoms with van der Waals surface area (Å²) in [5.74, 6) is 1.39. The van der Waals surface area contributed by atoms with Gasteiger partial charge in [-0.05, 0) is 30.5 Å². The Kier molecular flexibility index (Phi) is 4.81. The highest BCUT2D eigenvalue weighted by Gasteiger charge is 2.35. The molecular formula is C16H24N2O4. The summed E-state index contributed by atoms with van der Waals surface area (Å²) in [6.07, 6.45) is 0.916. The number of nitrogens with two attached hydrogens (primary N) is 1. The van der Waals surface area contributed by atoms with Gasteiger partial charge in [0, 0.05) is 18.7 Å². The van der Waals surface area contributed by atoms with Crippen LogP contribution in [0, 0.1) is 5.41 Å². The normalized spacial score (nSPS) is 20.9. The van der Waals surface area contributed by atoms with Crippen LogP contribution in [0.3, 0.4) is 0 Å². The lowest BCUT2D eigenvalue weighted by Crippen LogP contribution is -2.34. The average molecular weight is 308 g/mol. The first-order valence-electron chi connectivity index (χ1n) is 7.27. The van der Waals surface area contributed by atoms with E-state index >= 15 is 0 Å². The van der Waals surface area contributed by atoms with E-state index in [0.29, 0.717) is 42.4 Å². The largest absolute Gasteiger partial charge is 0.493 e. The second-order valence-corrected chi connectivity index (χ2v) is 5.91. The zero-order valence-corrected chi connectivity index (χ0v) is 13.6. The number of methoxy groups -OCH3 is 3. The molecule has 1 saturated heterocycles. The molecule has 1 aromatic rings. The van der Waals surface area contributed by atoms with Gasteiger partial charge >= 0.3 is 0 Å². The number of rotatable bonds is 5. The van der Waals surface area contributed by atoms with Crippen molar-refractivity contribution in [3.05, 3.63) is 17.7 Å². The molecule has 1 fully saturated rings. The van der Waals surface area contributed by atoms with Crippen LogP contribution in [0.25, 0.3) is 0 Å². The van der Waals surface area contributed by atoms with Crippen molar-refractivity contribution in [2.45, 2.75) is 13.3 Å². The maximum atomic E-state index is 12.7. The lowest BCUT2D eigenvalue weighted by molar-refractivity contribution is 0.0776. The quantitative estimate of drug-likeness (QED) is 0.893. The first-order chi connectivity index (χ1) is 10.5. The molecule has 2 N–H and O–H groups in total. The fourth-order valence-electron chi connectivity index (χ4n) is 2.75. The zero-order valence-electron chi connectivity index (χ0n) is 13.6. The third-order valence-electron chi connectivity index (χ3n) is 4.25. The van der Waals surface area contributed by atoms with Crippen molar-refractivity contribution in [2.24, 2.45) is 11.1 Å². The van der Waals surface area contributed by atoms with Crippen molar-refractivity contribution >= 4 is 5.91 Å². The van der Waals surface area contributed by atoms with Crippen LogP contribution in [0.5, 0.6) is 17.2 Å². The van der Waals surface area contributed by atoms with Gasteiger partial charge in [-0.2, -0.15) is 0 Å². The number of hydrogen-bond acceptors (Lipinski definition) is 5. The highest BCUT2D eigenvalue weighted by molar-refractivity contribution is 5.96. The number of likely N-dealkylation sites (tertiary alicyclic amines) is 1. The number of nitrogens with zero attached hydrogens (tertiary/aromatic N) is 1. The van der Waals surface area contributed by atoms with Crippen LogP contribution in [-0.4, -0.2) is 51.8 Å². The summed E-state index contributed by atoms with van der Waals surface area (Å²) in [4.78, 5) is 14.5. The van der Waals surface area contributed by atoms with Crippen LogP contribution < -0.4 is 19.9 Å². The average Bonchev–Trinajstić information content (AvgIpc) is 2.95. The Balaban J connectivity index is 2.31. The van der Waals surface area contributed by atoms with E-state index in [1.807, 2.05) is 4.90 Å². The molecule has 1 unspecified atom stereocenters. The minimum absolute atomic E-state index is 0.00367. The highest BCUT2D eigenvalue weighted by atomic mass is 16.5. The van der Waals surface area contributed by atoms with E-state index in [2.05, 4.69) is 6.92 Å². The van der Waals surface area contributed by atoms with Crippen molar-refractivity contribution in [1.29, 1.82) is 0 Å². The molecule has 1 aliphatic heterocycles. The Morgan fingerprint density at radius 3 is 2.23 bits per heavy atom. The summed E-state index contributed by atoms with van der Waals surface area (Å²) in [6.45, 7) is 4.06. The summed E-state index contributed by atoms with van der Waals surface area (Å²) < 4.78 is 15.9. The van der Waals surface area contributed by atoms with Gasteiger partial charge in [0.15, 0.2) is 11.5 Å². The topological polar surface area (TPSA) is 74.0 Å². The van der Waals surface area contributed by atoms with E-state index in [1.165, 1.54) is 21.3 Å². The summed E-state index contributed by atoms with van der Waals surface area (Å²) in [6, 6.07) is 3.36. The van der Waals surface area contributed by atoms with Crippen LogP contribution in [0.1, 0.15) is 23.7 Å². The van der Waals surface area contributed by atoms with Crippen LogP contribution in [-0.2, 0) is 0 Å². The van der Waals surface area contributed by atoms with Gasteiger partial charge in [-0.3, -0.25) is 4.79 Å². The van der Waals surface area contributed by atoms with Gasteiger partial charge in [0.2, 0.25) is 5.75 Å². The molecule has 1 heterocycles. The second-order valence-electron chi connectivity index (χ2n) is 5.91. The molecule has 1 aliphatic rings. The van der Waals surface area contributed by atoms with Gasteiger partial charge in [0.1, 0.15) is 0 Å². The lowest BCUT2D eigenvalue weighted by Gasteiger charge is -2.23. The molecular weight excluding hydrogens is 284 g/mol. The summed E-state index contributed by atoms with van der Waals surface area (Å²) >= 11 is 0. The van der Waals surface area contributed by atoms with Crippen molar-refractivity contribution in [1.82, 2.24) is 4.90 Å². The first kappa shape index (κ1) is 16.4. The van der Waals surface area contributed by atoms with Crippen molar-refractivity contribution in [3.8, 4) is 17.2 Å². The molecule has 0 aliphatic carbocycles. The summed E-state index contributed by atoms with van der Waals surface area (Å²) in [5.41, 5.74) is 6.32. The molecule has 6 nitrogen and oxygen atoms in total. The molecule has 2 rings (SSSR count). The van der Waals surface area contributed by atoms with Gasteiger partial charge in [-0.25, -0.2) is 0 Å². The van der Waals surface area contributed by atoms with Crippen LogP contribution in [0.15, 0.2) is 12.1 Å². The molecule has 122 valence electrons. The predicted octanol–water partition coefficient (Wildman–Crippen LogP) is 1.52. The molecule has 1 aromatic carbocycles. The number of carbonyl (C=O) groups excluding carboxylic acids is 1. The molecule has 0 radical (unpaired) electrons. The highest BCUT2D eigenvalue weighted by Crippen LogP contribution is 2.39. The van der Waals surface area contributed by atoms with Gasteiger partial charge in [-0.15, -0.1) is 0 Å². The third kappa shape index (κ3) is 2.97. The van der Waals surface area contributed by atoms with E-state index < -0.39 is 0 Å². The van der Waals surface area contributed by atoms with E-state index in [9.17, 15) is 4.79 Å². The Labute approximate surface area is 131 Å². The number of hydrogen-bond donors (Lipinski definition) is 1. The molecule has 1 amide bonds. The maximum absolute atomic E-state index is 12.7. The Bertz CT molecular complexity index is 536. The molecule has 1 atom stereocenters. The van der Waals surface area contributed by atoms with E-state index in [4.69, 9.17) is 19.9 Å². The number of carbonyl (C=O) groups is 1. The first-order valence-corrected chi connectivity index (χ1v) is 7.27. The monoisotopic (exact) mass is 308 g/mol. The maximum Gasteiger partial charge on any atom is 0.254 e. The third-order valence-corrected chi connectivity index (χ3v) is 4.25. The summed E-state index contributed by atoms with van der Waals surface area (Å²) in [7, 11) is 4.61. The molecule has 6 heteroatoms. The minimum atomic E-state index is -0.0450. The zero-order chi connectivity index (χ0) is 16.3. The number of ether oxygens (including phenoxy) is 3. The van der Waals surface area contributed by atoms with E-state index in [0.717, 1.165) is 6.42 Å². The Hall–Kier alpha value is -1.95. The molecule has 22 heavy (non-hydrogen) atoms. The Morgan fingerprint density at radius 1 is 1.23 bits per heavy atom. The number of amides is 1. The van der Waals surface area contributed by atoms with Crippen molar-refractivity contribution in [3.63, 3.8) is 0 Å². The van der Waals surface area contributed by atoms with Crippen LogP contribution in [0.4, 0.5) is 0 Å². The fourth-order valence-corrected chi connectivity index (χ4v) is 2.75. The SMILES string of the molecule is COc1cc(C(=O)N2CCC(C)(CN)C2)cc(OC)c1OC. The van der Waals surface area contributed by atoms with E-state index in [1.54, 1.807) is 12.1 Å². The molecule has 0 bridgehead atoms.